The summed E-state index contributed by atoms with van der Waals surface area (Å²) in [7, 11) is 0. The number of carbonyl (C=O) groups is 2. The van der Waals surface area contributed by atoms with Crippen LogP contribution >= 0.6 is 0 Å². The third kappa shape index (κ3) is 5.23. The molecule has 190 valence electrons. The van der Waals surface area contributed by atoms with Crippen LogP contribution in [0.2, 0.25) is 0 Å². The van der Waals surface area contributed by atoms with Crippen molar-refractivity contribution in [1.29, 1.82) is 0 Å². The second kappa shape index (κ2) is 11.1. The number of nitrogens with zero attached hydrogens (tertiary/aromatic N) is 2. The third-order valence-electron chi connectivity index (χ3n) is 7.50. The summed E-state index contributed by atoms with van der Waals surface area (Å²) in [5.74, 6) is -0.441. The molecule has 1 aliphatic carbocycles. The molecule has 36 heavy (non-hydrogen) atoms. The molecule has 0 spiro atoms. The van der Waals surface area contributed by atoms with E-state index in [1.54, 1.807) is 0 Å². The van der Waals surface area contributed by atoms with Gasteiger partial charge >= 0.3 is 5.97 Å². The van der Waals surface area contributed by atoms with Gasteiger partial charge in [0.25, 0.3) is 5.91 Å². The number of hydrogen-bond acceptors (Lipinski definition) is 3. The molecular weight excluding hydrogens is 450 g/mol. The zero-order valence-corrected chi connectivity index (χ0v) is 21.8. The minimum Gasteiger partial charge on any atom is -0.481 e. The predicted molar refractivity (Wildman–Crippen MR) is 144 cm³/mol. The monoisotopic (exact) mass is 487 g/mol. The van der Waals surface area contributed by atoms with Crippen LogP contribution < -0.4 is 5.32 Å². The van der Waals surface area contributed by atoms with E-state index in [0.717, 1.165) is 72.4 Å². The largest absolute Gasteiger partial charge is 0.481 e. The number of aryl methyl sites for hydroxylation is 4. The molecule has 2 aromatic carbocycles. The maximum Gasteiger partial charge on any atom is 0.307 e. The molecule has 2 N–H and O–H groups in total. The highest BCUT2D eigenvalue weighted by molar-refractivity contribution is 6.04. The number of imidazole rings is 1. The van der Waals surface area contributed by atoms with Gasteiger partial charge in [0.2, 0.25) is 0 Å². The quantitative estimate of drug-likeness (QED) is 0.310. The van der Waals surface area contributed by atoms with Crippen molar-refractivity contribution in [2.75, 3.05) is 5.32 Å². The molecule has 4 rings (SSSR count). The van der Waals surface area contributed by atoms with Gasteiger partial charge in [0, 0.05) is 24.0 Å². The third-order valence-corrected chi connectivity index (χ3v) is 7.50. The van der Waals surface area contributed by atoms with Gasteiger partial charge in [0.1, 0.15) is 11.5 Å². The Hall–Kier alpha value is -3.41. The van der Waals surface area contributed by atoms with Crippen LogP contribution in [0.4, 0.5) is 5.69 Å². The number of aromatic nitrogens is 2. The number of fused-ring (bicyclic) bond motifs is 1. The number of rotatable bonds is 10. The minimum atomic E-state index is -0.717. The predicted octanol–water partition coefficient (Wildman–Crippen LogP) is 6.75. The van der Waals surface area contributed by atoms with Crippen molar-refractivity contribution in [3.8, 4) is 11.4 Å². The summed E-state index contributed by atoms with van der Waals surface area (Å²) in [5.41, 5.74) is 6.58. The Kier molecular flexibility index (Phi) is 7.92. The standard InChI is InChI=1S/C30H37N3O3/c1-5-7-8-16-33-18-26(29(34)32-27-19(3)10-9-11-20(27)4)31-28(33)22-13-14-24-21(17-22)12-15-25(24)23(6-2)30(35)36/h9-11,13-14,17-18,23,25H,5-8,12,15-16H2,1-4H3,(H,32,34)(H,35,36). The van der Waals surface area contributed by atoms with Crippen LogP contribution in [0.25, 0.3) is 11.4 Å². The number of carboxylic acid groups (broad SMARTS) is 1. The van der Waals surface area contributed by atoms with Crippen LogP contribution in [0.15, 0.2) is 42.6 Å². The summed E-state index contributed by atoms with van der Waals surface area (Å²) in [6, 6.07) is 12.2. The van der Waals surface area contributed by atoms with E-state index in [9.17, 15) is 14.7 Å². The molecule has 6 heteroatoms. The van der Waals surface area contributed by atoms with Crippen molar-refractivity contribution in [3.05, 3.63) is 70.5 Å². The molecule has 0 saturated heterocycles. The maximum atomic E-state index is 13.2. The first kappa shape index (κ1) is 25.7. The van der Waals surface area contributed by atoms with Crippen LogP contribution in [-0.2, 0) is 17.8 Å². The topological polar surface area (TPSA) is 84.2 Å². The highest BCUT2D eigenvalue weighted by Gasteiger charge is 2.33. The molecule has 1 amide bonds. The first-order valence-electron chi connectivity index (χ1n) is 13.1. The van der Waals surface area contributed by atoms with E-state index in [0.29, 0.717) is 12.1 Å². The molecule has 0 saturated carbocycles. The molecule has 1 heterocycles. The smallest absolute Gasteiger partial charge is 0.307 e. The van der Waals surface area contributed by atoms with E-state index in [2.05, 4.69) is 28.9 Å². The Morgan fingerprint density at radius 2 is 1.89 bits per heavy atom. The van der Waals surface area contributed by atoms with E-state index in [1.807, 2.05) is 51.2 Å². The fourth-order valence-corrected chi connectivity index (χ4v) is 5.49. The molecule has 1 aliphatic rings. The van der Waals surface area contributed by atoms with Crippen LogP contribution in [-0.4, -0.2) is 26.5 Å². The molecule has 1 aromatic heterocycles. The molecule has 0 fully saturated rings. The first-order valence-corrected chi connectivity index (χ1v) is 13.1. The van der Waals surface area contributed by atoms with Gasteiger partial charge in [0.05, 0.1) is 5.92 Å². The number of anilines is 1. The Balaban J connectivity index is 1.65. The number of aliphatic carboxylic acids is 1. The lowest BCUT2D eigenvalue weighted by atomic mass is 9.85. The molecule has 0 bridgehead atoms. The Morgan fingerprint density at radius 1 is 1.14 bits per heavy atom. The summed E-state index contributed by atoms with van der Waals surface area (Å²) in [6.07, 6.45) is 7.46. The lowest BCUT2D eigenvalue weighted by Crippen LogP contribution is -2.19. The van der Waals surface area contributed by atoms with Crippen LogP contribution in [0.1, 0.15) is 84.6 Å². The maximum absolute atomic E-state index is 13.2. The summed E-state index contributed by atoms with van der Waals surface area (Å²) in [6.45, 7) is 8.90. The minimum absolute atomic E-state index is 0.0551. The van der Waals surface area contributed by atoms with Gasteiger partial charge in [0.15, 0.2) is 0 Å². The van der Waals surface area contributed by atoms with Crippen LogP contribution in [0.5, 0.6) is 0 Å². The lowest BCUT2D eigenvalue weighted by molar-refractivity contribution is -0.142. The average molecular weight is 488 g/mol. The van der Waals surface area contributed by atoms with Crippen LogP contribution in [0.3, 0.4) is 0 Å². The number of carboxylic acids is 1. The number of hydrogen-bond donors (Lipinski definition) is 2. The highest BCUT2D eigenvalue weighted by Crippen LogP contribution is 2.41. The number of nitrogens with one attached hydrogen (secondary N) is 1. The van der Waals surface area contributed by atoms with Crippen molar-refractivity contribution < 1.29 is 14.7 Å². The van der Waals surface area contributed by atoms with Gasteiger partial charge in [-0.15, -0.1) is 0 Å². The van der Waals surface area contributed by atoms with E-state index in [-0.39, 0.29) is 17.7 Å². The van der Waals surface area contributed by atoms with Gasteiger partial charge in [-0.25, -0.2) is 4.98 Å². The number of benzene rings is 2. The van der Waals surface area contributed by atoms with Crippen molar-refractivity contribution in [2.24, 2.45) is 5.92 Å². The van der Waals surface area contributed by atoms with E-state index < -0.39 is 5.97 Å². The van der Waals surface area contributed by atoms with Gasteiger partial charge in [-0.3, -0.25) is 9.59 Å². The summed E-state index contributed by atoms with van der Waals surface area (Å²) in [4.78, 5) is 29.8. The molecule has 2 unspecified atom stereocenters. The molecule has 0 aliphatic heterocycles. The second-order valence-corrected chi connectivity index (χ2v) is 9.98. The van der Waals surface area contributed by atoms with E-state index in [4.69, 9.17) is 4.98 Å². The van der Waals surface area contributed by atoms with Gasteiger partial charge in [-0.05, 0) is 73.8 Å². The van der Waals surface area contributed by atoms with E-state index in [1.165, 1.54) is 5.56 Å². The Morgan fingerprint density at radius 3 is 2.56 bits per heavy atom. The normalized spacial score (nSPS) is 15.5. The Bertz CT molecular complexity index is 1240. The summed E-state index contributed by atoms with van der Waals surface area (Å²) < 4.78 is 2.09. The van der Waals surface area contributed by atoms with Crippen molar-refractivity contribution in [2.45, 2.75) is 78.7 Å². The zero-order valence-electron chi connectivity index (χ0n) is 21.8. The Labute approximate surface area is 213 Å². The summed E-state index contributed by atoms with van der Waals surface area (Å²) in [5, 5.41) is 12.7. The second-order valence-electron chi connectivity index (χ2n) is 9.98. The fraction of sp³-hybridized carbons (Fsp3) is 0.433. The molecular formula is C30H37N3O3. The molecule has 3 aromatic rings. The number of amides is 1. The lowest BCUT2D eigenvalue weighted by Gasteiger charge is -2.19. The van der Waals surface area contributed by atoms with Crippen molar-refractivity contribution >= 4 is 17.6 Å². The summed E-state index contributed by atoms with van der Waals surface area (Å²) >= 11 is 0. The molecule has 6 nitrogen and oxygen atoms in total. The molecule has 2 atom stereocenters. The van der Waals surface area contributed by atoms with Gasteiger partial charge in [-0.1, -0.05) is 57.0 Å². The van der Waals surface area contributed by atoms with Crippen LogP contribution in [0, 0.1) is 19.8 Å². The van der Waals surface area contributed by atoms with Crippen molar-refractivity contribution in [3.63, 3.8) is 0 Å². The SMILES string of the molecule is CCCCCn1cc(C(=O)Nc2c(C)cccc2C)nc1-c1ccc2c(c1)CCC2C(CC)C(=O)O. The van der Waals surface area contributed by atoms with Gasteiger partial charge in [-0.2, -0.15) is 0 Å². The van der Waals surface area contributed by atoms with Gasteiger partial charge < -0.3 is 15.0 Å². The first-order chi connectivity index (χ1) is 17.3. The van der Waals surface area contributed by atoms with Crippen molar-refractivity contribution in [1.82, 2.24) is 9.55 Å². The highest BCUT2D eigenvalue weighted by atomic mass is 16.4. The van der Waals surface area contributed by atoms with E-state index >= 15 is 0 Å². The zero-order chi connectivity index (χ0) is 25.8. The number of para-hydroxylation sites is 1. The fourth-order valence-electron chi connectivity index (χ4n) is 5.49. The molecule has 0 radical (unpaired) electrons. The number of unbranched alkanes of at least 4 members (excludes halogenated alkanes) is 2. The average Bonchev–Trinajstić information content (AvgIpc) is 3.46. The number of carbonyl (C=O) groups excluding carboxylic acids is 1.